The Morgan fingerprint density at radius 1 is 0.595 bits per heavy atom. The zero-order valence-corrected chi connectivity index (χ0v) is 23.2. The molecule has 1 aliphatic heterocycles. The van der Waals surface area contributed by atoms with Crippen LogP contribution in [0, 0.1) is 58.2 Å². The molecule has 0 radical (unpaired) electrons. The first kappa shape index (κ1) is 31.4. The van der Waals surface area contributed by atoms with Gasteiger partial charge >= 0.3 is 6.48 Å². The standard InChI is InChI=1S/C28H25BF10N2O/c1-27(2,3)40-12-41(28(4,5)6)29(42-26(40)13-10-8-7-9-11-13,14-16(30)20(34)24(38)21(35)17(14)31)15-18(32)22(36)25(39)23(37)19(15)33/h7-12,26H,1-6H3/t26-/m1/s1. The van der Waals surface area contributed by atoms with Crippen LogP contribution in [0.5, 0.6) is 0 Å². The minimum absolute atomic E-state index is 0.163. The molecular formula is C28H25BF10N2O. The average molecular weight is 606 g/mol. The second-order valence-electron chi connectivity index (χ2n) is 11.9. The second-order valence-corrected chi connectivity index (χ2v) is 11.9. The zero-order valence-electron chi connectivity index (χ0n) is 23.2. The lowest BCUT2D eigenvalue weighted by Gasteiger charge is -2.55. The number of nitrogens with zero attached hydrogens (tertiary/aromatic N) is 2. The third kappa shape index (κ3) is 4.63. The molecule has 0 saturated heterocycles. The molecule has 14 heteroatoms. The average Bonchev–Trinajstić information content (AvgIpc) is 2.92. The first-order chi connectivity index (χ1) is 19.3. The van der Waals surface area contributed by atoms with Crippen LogP contribution in [0.1, 0.15) is 53.3 Å². The molecule has 1 heterocycles. The van der Waals surface area contributed by atoms with Crippen molar-refractivity contribution in [1.82, 2.24) is 4.90 Å². The van der Waals surface area contributed by atoms with Crippen LogP contribution in [0.2, 0.25) is 0 Å². The van der Waals surface area contributed by atoms with Crippen molar-refractivity contribution < 1.29 is 53.0 Å². The number of hydrogen-bond acceptors (Lipinski definition) is 2. The van der Waals surface area contributed by atoms with Crippen molar-refractivity contribution in [2.24, 2.45) is 0 Å². The molecule has 3 aromatic carbocycles. The van der Waals surface area contributed by atoms with Gasteiger partial charge in [0.05, 0.1) is 5.54 Å². The highest BCUT2D eigenvalue weighted by Gasteiger charge is 2.58. The molecule has 0 spiro atoms. The van der Waals surface area contributed by atoms with E-state index in [1.807, 2.05) is 0 Å². The van der Waals surface area contributed by atoms with E-state index in [0.29, 0.717) is 0 Å². The Balaban J connectivity index is 2.37. The van der Waals surface area contributed by atoms with Gasteiger partial charge in [0.1, 0.15) is 28.8 Å². The molecule has 0 N–H and O–H groups in total. The summed E-state index contributed by atoms with van der Waals surface area (Å²) in [5, 5.41) is 0. The molecule has 3 nitrogen and oxygen atoms in total. The van der Waals surface area contributed by atoms with Crippen LogP contribution in [0.25, 0.3) is 0 Å². The number of hydrogen-bond donors (Lipinski definition) is 0. The second kappa shape index (κ2) is 10.3. The van der Waals surface area contributed by atoms with E-state index in [-0.39, 0.29) is 5.56 Å². The van der Waals surface area contributed by atoms with Gasteiger partial charge in [-0.3, -0.25) is 0 Å². The van der Waals surface area contributed by atoms with E-state index < -0.39 is 92.9 Å². The highest BCUT2D eigenvalue weighted by Crippen LogP contribution is 2.38. The Morgan fingerprint density at radius 3 is 1.29 bits per heavy atom. The molecule has 3 aromatic rings. The molecule has 0 aromatic heterocycles. The van der Waals surface area contributed by atoms with E-state index in [0.717, 1.165) is 10.8 Å². The van der Waals surface area contributed by atoms with Gasteiger partial charge in [-0.05, 0) is 41.5 Å². The van der Waals surface area contributed by atoms with Crippen LogP contribution in [-0.2, 0) is 4.65 Å². The quantitative estimate of drug-likeness (QED) is 0.151. The van der Waals surface area contributed by atoms with Gasteiger partial charge in [0.15, 0.2) is 47.5 Å². The van der Waals surface area contributed by atoms with Crippen molar-refractivity contribution >= 4 is 23.7 Å². The molecule has 42 heavy (non-hydrogen) atoms. The summed E-state index contributed by atoms with van der Waals surface area (Å²) in [6.45, 7) is 4.23. The van der Waals surface area contributed by atoms with E-state index >= 15 is 17.6 Å². The Bertz CT molecular complexity index is 1470. The summed E-state index contributed by atoms with van der Waals surface area (Å²) in [6, 6.07) is 7.44. The smallest absolute Gasteiger partial charge is 0.381 e. The largest absolute Gasteiger partial charge is 0.506 e. The minimum atomic E-state index is -4.70. The highest BCUT2D eigenvalue weighted by atomic mass is 19.2. The predicted molar refractivity (Wildman–Crippen MR) is 135 cm³/mol. The summed E-state index contributed by atoms with van der Waals surface area (Å²) in [4.78, 5) is 1.42. The van der Waals surface area contributed by atoms with Crippen LogP contribution < -0.4 is 10.9 Å². The summed E-state index contributed by atoms with van der Waals surface area (Å²) < 4.78 is 157. The minimum Gasteiger partial charge on any atom is -0.506 e. The molecule has 0 fully saturated rings. The molecule has 4 rings (SSSR count). The van der Waals surface area contributed by atoms with Gasteiger partial charge in [-0.15, -0.1) is 0 Å². The van der Waals surface area contributed by atoms with E-state index in [1.54, 1.807) is 26.8 Å². The molecule has 226 valence electrons. The van der Waals surface area contributed by atoms with Crippen LogP contribution in [0.3, 0.4) is 0 Å². The van der Waals surface area contributed by atoms with E-state index in [1.165, 1.54) is 49.9 Å². The highest BCUT2D eigenvalue weighted by molar-refractivity contribution is 6.92. The maximum absolute atomic E-state index is 15.7. The third-order valence-electron chi connectivity index (χ3n) is 7.12. The Kier molecular flexibility index (Phi) is 7.71. The van der Waals surface area contributed by atoms with Gasteiger partial charge in [-0.2, -0.15) is 0 Å². The summed E-state index contributed by atoms with van der Waals surface area (Å²) in [5.74, 6) is -25.6. The summed E-state index contributed by atoms with van der Waals surface area (Å²) in [7, 11) is 0. The van der Waals surface area contributed by atoms with Gasteiger partial charge in [0.2, 0.25) is 0 Å². The lowest BCUT2D eigenvalue weighted by atomic mass is 9.39. The summed E-state index contributed by atoms with van der Waals surface area (Å²) in [6.07, 6.45) is -0.521. The maximum Gasteiger partial charge on any atom is 0.381 e. The zero-order chi connectivity index (χ0) is 31.7. The molecule has 0 aliphatic carbocycles. The molecule has 0 saturated carbocycles. The van der Waals surface area contributed by atoms with Crippen molar-refractivity contribution in [3.8, 4) is 0 Å². The van der Waals surface area contributed by atoms with Crippen molar-refractivity contribution in [2.45, 2.75) is 58.8 Å². The SMILES string of the molecule is CC(C)(C)N1C=[N+](C(C)(C)C)[B-](c2c(F)c(F)c(F)c(F)c2F)(c2c(F)c(F)c(F)c(F)c2F)O[C@@H]1c1ccccc1. The normalized spacial score (nSPS) is 17.5. The van der Waals surface area contributed by atoms with E-state index in [2.05, 4.69) is 0 Å². The molecule has 1 aliphatic rings. The third-order valence-corrected chi connectivity index (χ3v) is 7.12. The Hall–Kier alpha value is -3.55. The fourth-order valence-corrected chi connectivity index (χ4v) is 5.20. The monoisotopic (exact) mass is 606 g/mol. The number of rotatable bonds is 3. The molecule has 0 unspecified atom stereocenters. The van der Waals surface area contributed by atoms with Gasteiger partial charge < -0.3 is 9.14 Å². The maximum atomic E-state index is 15.7. The van der Waals surface area contributed by atoms with Gasteiger partial charge in [0.25, 0.3) is 0 Å². The number of halogens is 10. The Labute approximate surface area is 235 Å². The summed E-state index contributed by atoms with van der Waals surface area (Å²) in [5.41, 5.74) is -6.22. The van der Waals surface area contributed by atoms with Crippen molar-refractivity contribution in [2.75, 3.05) is 0 Å². The topological polar surface area (TPSA) is 15.5 Å². The van der Waals surface area contributed by atoms with E-state index in [4.69, 9.17) is 4.65 Å². The first-order valence-corrected chi connectivity index (χ1v) is 12.6. The van der Waals surface area contributed by atoms with Crippen LogP contribution >= 0.6 is 0 Å². The van der Waals surface area contributed by atoms with Crippen LogP contribution in [-0.4, -0.2) is 33.3 Å². The van der Waals surface area contributed by atoms with Gasteiger partial charge in [-0.1, -0.05) is 41.3 Å². The molecule has 0 bridgehead atoms. The van der Waals surface area contributed by atoms with Crippen LogP contribution in [0.15, 0.2) is 30.3 Å². The van der Waals surface area contributed by atoms with Crippen molar-refractivity contribution in [1.29, 1.82) is 0 Å². The Morgan fingerprint density at radius 2 is 0.952 bits per heavy atom. The molecular weight excluding hydrogens is 581 g/mol. The fraction of sp³-hybridized carbons (Fsp3) is 0.321. The number of benzene rings is 3. The van der Waals surface area contributed by atoms with Gasteiger partial charge in [0, 0.05) is 5.56 Å². The fourth-order valence-electron chi connectivity index (χ4n) is 5.20. The van der Waals surface area contributed by atoms with E-state index in [9.17, 15) is 26.3 Å². The lowest BCUT2D eigenvalue weighted by Crippen LogP contribution is -2.79. The predicted octanol–water partition coefficient (Wildman–Crippen LogP) is 6.30. The summed E-state index contributed by atoms with van der Waals surface area (Å²) >= 11 is 0. The molecule has 1 atom stereocenters. The van der Waals surface area contributed by atoms with Crippen molar-refractivity contribution in [3.05, 3.63) is 94.1 Å². The molecule has 0 amide bonds. The van der Waals surface area contributed by atoms with Crippen molar-refractivity contribution in [3.63, 3.8) is 0 Å². The van der Waals surface area contributed by atoms with Crippen LogP contribution in [0.4, 0.5) is 43.9 Å². The lowest BCUT2D eigenvalue weighted by molar-refractivity contribution is -0.505. The van der Waals surface area contributed by atoms with Gasteiger partial charge in [-0.25, -0.2) is 48.8 Å². The first-order valence-electron chi connectivity index (χ1n) is 12.6.